The predicted octanol–water partition coefficient (Wildman–Crippen LogP) is 2.50. The van der Waals surface area contributed by atoms with E-state index in [0.29, 0.717) is 24.6 Å². The van der Waals surface area contributed by atoms with Crippen molar-refractivity contribution in [3.63, 3.8) is 0 Å². The van der Waals surface area contributed by atoms with Crippen LogP contribution in [-0.2, 0) is 4.79 Å². The third kappa shape index (κ3) is 4.31. The lowest BCUT2D eigenvalue weighted by atomic mass is 9.90. The molecule has 2 N–H and O–H groups in total. The molecule has 5 nitrogen and oxygen atoms in total. The van der Waals surface area contributed by atoms with Crippen molar-refractivity contribution in [2.24, 2.45) is 5.41 Å². The SMILES string of the molecule is CC(C)c1nc(C(=O)NCCC(C)(C)C(=O)O)cs1. The second-order valence-corrected chi connectivity index (χ2v) is 6.31. The summed E-state index contributed by atoms with van der Waals surface area (Å²) in [5, 5.41) is 14.3. The van der Waals surface area contributed by atoms with Gasteiger partial charge < -0.3 is 10.4 Å². The second kappa shape index (κ2) is 6.14. The van der Waals surface area contributed by atoms with E-state index in [9.17, 15) is 9.59 Å². The Morgan fingerprint density at radius 3 is 2.58 bits per heavy atom. The first-order chi connectivity index (χ1) is 8.74. The van der Waals surface area contributed by atoms with Crippen LogP contribution in [0.1, 0.15) is 55.5 Å². The molecule has 0 atom stereocenters. The van der Waals surface area contributed by atoms with Gasteiger partial charge in [0.15, 0.2) is 0 Å². The number of thiazole rings is 1. The molecule has 0 aliphatic carbocycles. The maximum absolute atomic E-state index is 11.8. The van der Waals surface area contributed by atoms with Crippen LogP contribution >= 0.6 is 11.3 Å². The molecule has 0 radical (unpaired) electrons. The van der Waals surface area contributed by atoms with Gasteiger partial charge in [-0.15, -0.1) is 11.3 Å². The Labute approximate surface area is 117 Å². The fourth-order valence-electron chi connectivity index (χ4n) is 1.34. The third-order valence-corrected chi connectivity index (χ3v) is 4.01. The fraction of sp³-hybridized carbons (Fsp3) is 0.615. The molecule has 0 bridgehead atoms. The van der Waals surface area contributed by atoms with Crippen LogP contribution in [0.15, 0.2) is 5.38 Å². The summed E-state index contributed by atoms with van der Waals surface area (Å²) in [6.07, 6.45) is 0.384. The highest BCUT2D eigenvalue weighted by atomic mass is 32.1. The number of carboxylic acids is 1. The van der Waals surface area contributed by atoms with Crippen molar-refractivity contribution in [3.8, 4) is 0 Å². The van der Waals surface area contributed by atoms with E-state index < -0.39 is 11.4 Å². The molecule has 1 rings (SSSR count). The van der Waals surface area contributed by atoms with Crippen LogP contribution in [0, 0.1) is 5.41 Å². The topological polar surface area (TPSA) is 79.3 Å². The predicted molar refractivity (Wildman–Crippen MR) is 74.6 cm³/mol. The van der Waals surface area contributed by atoms with Crippen molar-refractivity contribution in [2.75, 3.05) is 6.54 Å². The number of hydrogen-bond acceptors (Lipinski definition) is 4. The monoisotopic (exact) mass is 284 g/mol. The standard InChI is InChI=1S/C13H20N2O3S/c1-8(2)11-15-9(7-19-11)10(16)14-6-5-13(3,4)12(17)18/h7-8H,5-6H2,1-4H3,(H,14,16)(H,17,18). The summed E-state index contributed by atoms with van der Waals surface area (Å²) < 4.78 is 0. The summed E-state index contributed by atoms with van der Waals surface area (Å²) in [6, 6.07) is 0. The Morgan fingerprint density at radius 2 is 2.11 bits per heavy atom. The van der Waals surface area contributed by atoms with E-state index in [4.69, 9.17) is 5.11 Å². The van der Waals surface area contributed by atoms with Crippen LogP contribution in [-0.4, -0.2) is 28.5 Å². The molecule has 0 aliphatic heterocycles. The smallest absolute Gasteiger partial charge is 0.309 e. The molecular formula is C13H20N2O3S. The van der Waals surface area contributed by atoms with Gasteiger partial charge in [0, 0.05) is 17.8 Å². The third-order valence-electron chi connectivity index (χ3n) is 2.86. The van der Waals surface area contributed by atoms with E-state index in [0.717, 1.165) is 5.01 Å². The Balaban J connectivity index is 2.49. The van der Waals surface area contributed by atoms with Gasteiger partial charge in [0.05, 0.1) is 10.4 Å². The lowest BCUT2D eigenvalue weighted by molar-refractivity contribution is -0.147. The molecule has 1 amide bonds. The van der Waals surface area contributed by atoms with Crippen LogP contribution in [0.5, 0.6) is 0 Å². The Morgan fingerprint density at radius 1 is 1.47 bits per heavy atom. The van der Waals surface area contributed by atoms with Crippen molar-refractivity contribution in [3.05, 3.63) is 16.1 Å². The van der Waals surface area contributed by atoms with Gasteiger partial charge >= 0.3 is 5.97 Å². The number of amides is 1. The van der Waals surface area contributed by atoms with Gasteiger partial charge in [-0.1, -0.05) is 13.8 Å². The first-order valence-corrected chi connectivity index (χ1v) is 7.09. The van der Waals surface area contributed by atoms with Gasteiger partial charge in [0.25, 0.3) is 5.91 Å². The number of carbonyl (C=O) groups is 2. The number of rotatable bonds is 6. The Hall–Kier alpha value is -1.43. The van der Waals surface area contributed by atoms with Gasteiger partial charge in [-0.25, -0.2) is 4.98 Å². The lowest BCUT2D eigenvalue weighted by Crippen LogP contribution is -2.32. The van der Waals surface area contributed by atoms with Crippen molar-refractivity contribution >= 4 is 23.2 Å². The van der Waals surface area contributed by atoms with Crippen molar-refractivity contribution in [1.82, 2.24) is 10.3 Å². The van der Waals surface area contributed by atoms with E-state index in [1.54, 1.807) is 19.2 Å². The number of carbonyl (C=O) groups excluding carboxylic acids is 1. The molecule has 0 aromatic carbocycles. The summed E-state index contributed by atoms with van der Waals surface area (Å²) in [7, 11) is 0. The number of aliphatic carboxylic acids is 1. The molecule has 19 heavy (non-hydrogen) atoms. The maximum Gasteiger partial charge on any atom is 0.309 e. The van der Waals surface area contributed by atoms with E-state index in [-0.39, 0.29) is 5.91 Å². The molecule has 6 heteroatoms. The summed E-state index contributed by atoms with van der Waals surface area (Å²) in [6.45, 7) is 7.65. The zero-order valence-electron chi connectivity index (χ0n) is 11.7. The summed E-state index contributed by atoms with van der Waals surface area (Å²) in [5.74, 6) is -0.806. The molecule has 0 saturated carbocycles. The van der Waals surface area contributed by atoms with Gasteiger partial charge in [-0.2, -0.15) is 0 Å². The first kappa shape index (κ1) is 15.6. The van der Waals surface area contributed by atoms with Crippen LogP contribution in [0.3, 0.4) is 0 Å². The quantitative estimate of drug-likeness (QED) is 0.841. The zero-order chi connectivity index (χ0) is 14.6. The van der Waals surface area contributed by atoms with Gasteiger partial charge in [0.2, 0.25) is 0 Å². The normalized spacial score (nSPS) is 11.6. The molecule has 0 aliphatic rings. The summed E-state index contributed by atoms with van der Waals surface area (Å²) in [5.41, 5.74) is -0.430. The largest absolute Gasteiger partial charge is 0.481 e. The maximum atomic E-state index is 11.8. The molecule has 1 aromatic heterocycles. The summed E-state index contributed by atoms with van der Waals surface area (Å²) in [4.78, 5) is 27.0. The highest BCUT2D eigenvalue weighted by molar-refractivity contribution is 7.09. The minimum Gasteiger partial charge on any atom is -0.481 e. The highest BCUT2D eigenvalue weighted by Crippen LogP contribution is 2.20. The highest BCUT2D eigenvalue weighted by Gasteiger charge is 2.26. The second-order valence-electron chi connectivity index (χ2n) is 5.42. The lowest BCUT2D eigenvalue weighted by Gasteiger charge is -2.18. The average molecular weight is 284 g/mol. The number of carboxylic acid groups (broad SMARTS) is 1. The van der Waals surface area contributed by atoms with Crippen LogP contribution in [0.2, 0.25) is 0 Å². The van der Waals surface area contributed by atoms with Crippen LogP contribution < -0.4 is 5.32 Å². The molecular weight excluding hydrogens is 264 g/mol. The molecule has 0 spiro atoms. The van der Waals surface area contributed by atoms with Crippen molar-refractivity contribution in [2.45, 2.75) is 40.0 Å². The average Bonchev–Trinajstić information content (AvgIpc) is 2.77. The van der Waals surface area contributed by atoms with E-state index in [1.165, 1.54) is 11.3 Å². The van der Waals surface area contributed by atoms with E-state index >= 15 is 0 Å². The van der Waals surface area contributed by atoms with Crippen molar-refractivity contribution < 1.29 is 14.7 Å². The molecule has 0 fully saturated rings. The fourth-order valence-corrected chi connectivity index (χ4v) is 2.16. The van der Waals surface area contributed by atoms with Crippen LogP contribution in [0.4, 0.5) is 0 Å². The molecule has 1 aromatic rings. The number of nitrogens with one attached hydrogen (secondary N) is 1. The minimum absolute atomic E-state index is 0.246. The Kier molecular flexibility index (Phi) is 5.05. The first-order valence-electron chi connectivity index (χ1n) is 6.21. The molecule has 106 valence electrons. The Bertz CT molecular complexity index is 466. The molecule has 1 heterocycles. The molecule has 0 saturated heterocycles. The molecule has 0 unspecified atom stereocenters. The number of nitrogens with zero attached hydrogens (tertiary/aromatic N) is 1. The number of aromatic nitrogens is 1. The number of hydrogen-bond donors (Lipinski definition) is 2. The van der Waals surface area contributed by atoms with E-state index in [1.807, 2.05) is 13.8 Å². The van der Waals surface area contributed by atoms with Gasteiger partial charge in [-0.3, -0.25) is 9.59 Å². The summed E-state index contributed by atoms with van der Waals surface area (Å²) >= 11 is 1.46. The van der Waals surface area contributed by atoms with Crippen molar-refractivity contribution in [1.29, 1.82) is 0 Å². The minimum atomic E-state index is -0.863. The zero-order valence-corrected chi connectivity index (χ0v) is 12.5. The van der Waals surface area contributed by atoms with E-state index in [2.05, 4.69) is 10.3 Å². The van der Waals surface area contributed by atoms with Gasteiger partial charge in [0.1, 0.15) is 5.69 Å². The van der Waals surface area contributed by atoms with Gasteiger partial charge in [-0.05, 0) is 20.3 Å². The van der Waals surface area contributed by atoms with Crippen LogP contribution in [0.25, 0.3) is 0 Å².